The molecular weight excluding hydrogens is 352 g/mol. The van der Waals surface area contributed by atoms with Gasteiger partial charge in [-0.2, -0.15) is 11.8 Å². The van der Waals surface area contributed by atoms with Crippen molar-refractivity contribution in [2.75, 3.05) is 25.1 Å². The summed E-state index contributed by atoms with van der Waals surface area (Å²) < 4.78 is 0. The molecule has 10 nitrogen and oxygen atoms in total. The number of carbonyl (C=O) groups is 5. The number of carboxylic acid groups (broad SMARTS) is 1. The van der Waals surface area contributed by atoms with Gasteiger partial charge in [-0.25, -0.2) is 0 Å². The normalized spacial score (nSPS) is 12.4. The Labute approximate surface area is 149 Å². The van der Waals surface area contributed by atoms with Crippen LogP contribution in [0.4, 0.5) is 0 Å². The molecule has 0 fully saturated rings. The van der Waals surface area contributed by atoms with E-state index in [1.165, 1.54) is 25.6 Å². The maximum absolute atomic E-state index is 12.1. The summed E-state index contributed by atoms with van der Waals surface area (Å²) in [5, 5.41) is 18.0. The van der Waals surface area contributed by atoms with Gasteiger partial charge < -0.3 is 26.4 Å². The number of hydrogen-bond acceptors (Lipinski definition) is 6. The molecule has 0 radical (unpaired) electrons. The molecule has 0 spiro atoms. The van der Waals surface area contributed by atoms with Crippen LogP contribution in [0.1, 0.15) is 20.3 Å². The molecule has 142 valence electrons. The highest BCUT2D eigenvalue weighted by atomic mass is 32.2. The Hall–Kier alpha value is -2.30. The molecule has 0 aromatic carbocycles. The minimum Gasteiger partial charge on any atom is -0.480 e. The summed E-state index contributed by atoms with van der Waals surface area (Å²) in [7, 11) is 0. The van der Waals surface area contributed by atoms with Gasteiger partial charge in [0.15, 0.2) is 0 Å². The fraction of sp³-hybridized carbons (Fsp3) is 0.643. The van der Waals surface area contributed by atoms with Crippen molar-refractivity contribution in [1.29, 1.82) is 0 Å². The first kappa shape index (κ1) is 22.7. The molecular formula is C14H24N4O6S. The van der Waals surface area contributed by atoms with Gasteiger partial charge in [0.1, 0.15) is 18.6 Å². The van der Waals surface area contributed by atoms with Crippen molar-refractivity contribution in [3.63, 3.8) is 0 Å². The van der Waals surface area contributed by atoms with Crippen molar-refractivity contribution in [1.82, 2.24) is 21.3 Å². The zero-order valence-electron chi connectivity index (χ0n) is 14.4. The number of thioether (sulfide) groups is 1. The van der Waals surface area contributed by atoms with E-state index >= 15 is 0 Å². The molecule has 2 atom stereocenters. The van der Waals surface area contributed by atoms with Crippen molar-refractivity contribution in [3.05, 3.63) is 0 Å². The van der Waals surface area contributed by atoms with Crippen molar-refractivity contribution in [3.8, 4) is 0 Å². The van der Waals surface area contributed by atoms with Gasteiger partial charge in [0, 0.05) is 6.92 Å². The summed E-state index contributed by atoms with van der Waals surface area (Å²) in [4.78, 5) is 56.9. The van der Waals surface area contributed by atoms with Crippen LogP contribution in [0.15, 0.2) is 0 Å². The lowest BCUT2D eigenvalue weighted by Crippen LogP contribution is -2.54. The standard InChI is InChI=1S/C14H24N4O6S/c1-8(17-11(20)6-15-9(2)19)13(23)18-10(4-5-25-3)14(24)16-7-12(21)22/h8,10H,4-7H2,1-3H3,(H,15,19)(H,16,24)(H,17,20)(H,18,23)(H,21,22)/t8-,10-/m0/s1. The molecule has 0 unspecified atom stereocenters. The zero-order valence-corrected chi connectivity index (χ0v) is 15.2. The zero-order chi connectivity index (χ0) is 19.4. The second-order valence-corrected chi connectivity index (χ2v) is 6.14. The number of aliphatic carboxylic acids is 1. The molecule has 0 aliphatic carbocycles. The Kier molecular flexibility index (Phi) is 11.0. The number of rotatable bonds is 11. The van der Waals surface area contributed by atoms with Gasteiger partial charge >= 0.3 is 5.97 Å². The maximum atomic E-state index is 12.1. The van der Waals surface area contributed by atoms with Gasteiger partial charge in [-0.15, -0.1) is 0 Å². The van der Waals surface area contributed by atoms with E-state index in [-0.39, 0.29) is 12.5 Å². The van der Waals surface area contributed by atoms with Crippen molar-refractivity contribution < 1.29 is 29.1 Å². The fourth-order valence-corrected chi connectivity index (χ4v) is 2.12. The third-order valence-corrected chi connectivity index (χ3v) is 3.57. The van der Waals surface area contributed by atoms with Crippen LogP contribution in [-0.2, 0) is 24.0 Å². The summed E-state index contributed by atoms with van der Waals surface area (Å²) in [6.45, 7) is 1.88. The third-order valence-electron chi connectivity index (χ3n) is 2.93. The molecule has 11 heteroatoms. The van der Waals surface area contributed by atoms with Gasteiger partial charge in [-0.05, 0) is 25.4 Å². The summed E-state index contributed by atoms with van der Waals surface area (Å²) in [6.07, 6.45) is 2.14. The Morgan fingerprint density at radius 1 is 1.00 bits per heavy atom. The van der Waals surface area contributed by atoms with Gasteiger partial charge in [0.2, 0.25) is 23.6 Å². The predicted molar refractivity (Wildman–Crippen MR) is 91.9 cm³/mol. The van der Waals surface area contributed by atoms with Crippen LogP contribution >= 0.6 is 11.8 Å². The van der Waals surface area contributed by atoms with Crippen molar-refractivity contribution in [2.24, 2.45) is 0 Å². The molecule has 0 rings (SSSR count). The summed E-state index contributed by atoms with van der Waals surface area (Å²) in [5.41, 5.74) is 0. The number of amides is 4. The Morgan fingerprint density at radius 2 is 1.64 bits per heavy atom. The van der Waals surface area contributed by atoms with E-state index < -0.39 is 42.3 Å². The molecule has 0 aliphatic heterocycles. The van der Waals surface area contributed by atoms with E-state index in [9.17, 15) is 24.0 Å². The average Bonchev–Trinajstić information content (AvgIpc) is 2.54. The molecule has 0 saturated carbocycles. The lowest BCUT2D eigenvalue weighted by molar-refractivity contribution is -0.138. The summed E-state index contributed by atoms with van der Waals surface area (Å²) >= 11 is 1.47. The van der Waals surface area contributed by atoms with Gasteiger partial charge in [-0.3, -0.25) is 24.0 Å². The molecule has 4 amide bonds. The Morgan fingerprint density at radius 3 is 2.16 bits per heavy atom. The predicted octanol–water partition coefficient (Wildman–Crippen LogP) is -1.93. The molecule has 0 aromatic rings. The van der Waals surface area contributed by atoms with Crippen LogP contribution < -0.4 is 21.3 Å². The van der Waals surface area contributed by atoms with Crippen molar-refractivity contribution in [2.45, 2.75) is 32.4 Å². The van der Waals surface area contributed by atoms with E-state index in [4.69, 9.17) is 5.11 Å². The average molecular weight is 376 g/mol. The number of carbonyl (C=O) groups excluding carboxylic acids is 4. The molecule has 0 saturated heterocycles. The maximum Gasteiger partial charge on any atom is 0.322 e. The number of hydrogen-bond donors (Lipinski definition) is 5. The highest BCUT2D eigenvalue weighted by molar-refractivity contribution is 7.98. The van der Waals surface area contributed by atoms with Crippen LogP contribution in [0.25, 0.3) is 0 Å². The van der Waals surface area contributed by atoms with Gasteiger partial charge in [-0.1, -0.05) is 0 Å². The van der Waals surface area contributed by atoms with Crippen LogP contribution in [0.5, 0.6) is 0 Å². The molecule has 0 heterocycles. The van der Waals surface area contributed by atoms with Gasteiger partial charge in [0.05, 0.1) is 6.54 Å². The van der Waals surface area contributed by atoms with Crippen LogP contribution in [0, 0.1) is 0 Å². The van der Waals surface area contributed by atoms with E-state index in [1.54, 1.807) is 0 Å². The highest BCUT2D eigenvalue weighted by Crippen LogP contribution is 2.02. The third kappa shape index (κ3) is 11.0. The fourth-order valence-electron chi connectivity index (χ4n) is 1.65. The lowest BCUT2D eigenvalue weighted by Gasteiger charge is -2.20. The van der Waals surface area contributed by atoms with Crippen LogP contribution in [0.2, 0.25) is 0 Å². The van der Waals surface area contributed by atoms with E-state index in [1.807, 2.05) is 6.26 Å². The minimum absolute atomic E-state index is 0.262. The Bertz CT molecular complexity index is 514. The number of nitrogens with one attached hydrogen (secondary N) is 4. The molecule has 0 aromatic heterocycles. The second-order valence-electron chi connectivity index (χ2n) is 5.15. The van der Waals surface area contributed by atoms with Crippen LogP contribution in [-0.4, -0.2) is 71.9 Å². The monoisotopic (exact) mass is 376 g/mol. The second kappa shape index (κ2) is 12.1. The largest absolute Gasteiger partial charge is 0.480 e. The topological polar surface area (TPSA) is 154 Å². The SMILES string of the molecule is CSCC[C@H](NC(=O)[C@H](C)NC(=O)CNC(C)=O)C(=O)NCC(=O)O. The lowest BCUT2D eigenvalue weighted by atomic mass is 10.2. The van der Waals surface area contributed by atoms with E-state index in [0.717, 1.165) is 0 Å². The first-order valence-corrected chi connectivity index (χ1v) is 8.89. The minimum atomic E-state index is -1.19. The number of carboxylic acids is 1. The van der Waals surface area contributed by atoms with E-state index in [0.29, 0.717) is 12.2 Å². The molecule has 5 N–H and O–H groups in total. The summed E-state index contributed by atoms with van der Waals surface area (Å²) in [5.74, 6) is -2.74. The molecule has 25 heavy (non-hydrogen) atoms. The molecule has 0 bridgehead atoms. The smallest absolute Gasteiger partial charge is 0.322 e. The van der Waals surface area contributed by atoms with Gasteiger partial charge in [0.25, 0.3) is 0 Å². The van der Waals surface area contributed by atoms with E-state index in [2.05, 4.69) is 21.3 Å². The van der Waals surface area contributed by atoms with Crippen LogP contribution in [0.3, 0.4) is 0 Å². The highest BCUT2D eigenvalue weighted by Gasteiger charge is 2.24. The first-order valence-electron chi connectivity index (χ1n) is 7.50. The quantitative estimate of drug-likeness (QED) is 0.281. The molecule has 0 aliphatic rings. The first-order chi connectivity index (χ1) is 11.7. The Balaban J connectivity index is 4.61. The summed E-state index contributed by atoms with van der Waals surface area (Å²) in [6, 6.07) is -1.83. The van der Waals surface area contributed by atoms with Crippen molar-refractivity contribution >= 4 is 41.4 Å².